The zero-order chi connectivity index (χ0) is 20.0. The molecule has 0 radical (unpaired) electrons. The number of aryl methyl sites for hydroxylation is 1. The number of imide groups is 1. The lowest BCUT2D eigenvalue weighted by molar-refractivity contribution is -0.114. The summed E-state index contributed by atoms with van der Waals surface area (Å²) in [5, 5.41) is 11.1. The largest absolute Gasteiger partial charge is 0.504 e. The molecule has 0 unspecified atom stereocenters. The number of primary amides is 1. The number of aromatic nitrogens is 2. The molecule has 3 rings (SSSR count). The number of hydrogen-bond donors (Lipinski definition) is 2. The Hall–Kier alpha value is -3.55. The molecule has 3 N–H and O–H groups in total. The van der Waals surface area contributed by atoms with E-state index < -0.39 is 6.03 Å². The molecule has 0 fully saturated rings. The minimum Gasteiger partial charge on any atom is -0.504 e. The molecule has 0 bridgehead atoms. The van der Waals surface area contributed by atoms with Crippen molar-refractivity contribution in [2.24, 2.45) is 5.73 Å². The van der Waals surface area contributed by atoms with Gasteiger partial charge in [-0.25, -0.2) is 9.18 Å². The summed E-state index contributed by atoms with van der Waals surface area (Å²) in [7, 11) is 1.29. The Morgan fingerprint density at radius 3 is 2.52 bits per heavy atom. The number of fused-ring (bicyclic) bond motifs is 1. The van der Waals surface area contributed by atoms with E-state index in [0.29, 0.717) is 24.0 Å². The van der Waals surface area contributed by atoms with Crippen LogP contribution in [0.4, 0.5) is 9.18 Å². The lowest BCUT2D eigenvalue weighted by Gasteiger charge is -2.09. The molecule has 0 aliphatic carbocycles. The van der Waals surface area contributed by atoms with Crippen LogP contribution in [0.5, 0.6) is 5.75 Å². The molecular weight excluding hydrogens is 351 g/mol. The van der Waals surface area contributed by atoms with Crippen LogP contribution in [-0.4, -0.2) is 39.5 Å². The second-order valence-corrected chi connectivity index (χ2v) is 5.75. The van der Waals surface area contributed by atoms with Crippen LogP contribution in [-0.2, 0) is 11.2 Å². The van der Waals surface area contributed by atoms with Crippen LogP contribution in [0.2, 0.25) is 0 Å². The van der Waals surface area contributed by atoms with E-state index in [4.69, 9.17) is 0 Å². The summed E-state index contributed by atoms with van der Waals surface area (Å²) < 4.78 is 12.9. The highest BCUT2D eigenvalue weighted by atomic mass is 19.1. The van der Waals surface area contributed by atoms with E-state index in [1.54, 1.807) is 18.3 Å². The number of nitrogens with zero attached hydrogens (tertiary/aromatic N) is 3. The molecule has 27 heavy (non-hydrogen) atoms. The lowest BCUT2D eigenvalue weighted by atomic mass is 10.1. The molecule has 2 heterocycles. The van der Waals surface area contributed by atoms with E-state index >= 15 is 0 Å². The maximum atomic E-state index is 12.9. The van der Waals surface area contributed by atoms with E-state index in [-0.39, 0.29) is 11.6 Å². The third kappa shape index (κ3) is 4.97. The SMILES string of the molecule is CN(C=O)C(N)=O.Cc1nc(Cc2ccc(F)cc2)c(O)c2ncccc12. The maximum absolute atomic E-state index is 12.9. The van der Waals surface area contributed by atoms with Gasteiger partial charge >= 0.3 is 6.03 Å². The summed E-state index contributed by atoms with van der Waals surface area (Å²) in [5.41, 5.74) is 7.43. The highest BCUT2D eigenvalue weighted by Crippen LogP contribution is 2.28. The van der Waals surface area contributed by atoms with Gasteiger partial charge in [-0.3, -0.25) is 19.7 Å². The summed E-state index contributed by atoms with van der Waals surface area (Å²) in [6.45, 7) is 1.89. The van der Waals surface area contributed by atoms with Gasteiger partial charge in [0.1, 0.15) is 11.3 Å². The van der Waals surface area contributed by atoms with Crippen molar-refractivity contribution in [2.75, 3.05) is 7.05 Å². The quantitative estimate of drug-likeness (QED) is 0.689. The van der Waals surface area contributed by atoms with E-state index in [0.717, 1.165) is 21.5 Å². The van der Waals surface area contributed by atoms with E-state index in [2.05, 4.69) is 15.7 Å². The van der Waals surface area contributed by atoms with Crippen molar-refractivity contribution in [3.63, 3.8) is 0 Å². The van der Waals surface area contributed by atoms with Gasteiger partial charge in [0.2, 0.25) is 6.41 Å². The van der Waals surface area contributed by atoms with Crippen molar-refractivity contribution in [2.45, 2.75) is 13.3 Å². The topological polar surface area (TPSA) is 109 Å². The Labute approximate surface area is 155 Å². The number of carbonyl (C=O) groups excluding carboxylic acids is 2. The number of rotatable bonds is 3. The zero-order valence-electron chi connectivity index (χ0n) is 14.9. The van der Waals surface area contributed by atoms with Crippen LogP contribution in [0.1, 0.15) is 17.0 Å². The minimum absolute atomic E-state index is 0.0931. The fourth-order valence-corrected chi connectivity index (χ4v) is 2.31. The molecule has 7 nitrogen and oxygen atoms in total. The molecule has 140 valence electrons. The second-order valence-electron chi connectivity index (χ2n) is 5.75. The van der Waals surface area contributed by atoms with Gasteiger partial charge in [0.25, 0.3) is 0 Å². The van der Waals surface area contributed by atoms with Gasteiger partial charge in [0, 0.05) is 30.7 Å². The van der Waals surface area contributed by atoms with Crippen LogP contribution in [0, 0.1) is 12.7 Å². The minimum atomic E-state index is -0.741. The lowest BCUT2D eigenvalue weighted by Crippen LogP contribution is -2.30. The molecule has 3 amide bonds. The molecule has 1 aromatic carbocycles. The smallest absolute Gasteiger partial charge is 0.320 e. The number of halogens is 1. The van der Waals surface area contributed by atoms with Gasteiger partial charge in [-0.05, 0) is 36.8 Å². The van der Waals surface area contributed by atoms with Gasteiger partial charge in [0.15, 0.2) is 5.75 Å². The molecule has 0 spiro atoms. The van der Waals surface area contributed by atoms with E-state index in [1.165, 1.54) is 19.2 Å². The Bertz CT molecular complexity index is 961. The molecule has 0 aliphatic rings. The number of pyridine rings is 2. The van der Waals surface area contributed by atoms with Gasteiger partial charge < -0.3 is 10.8 Å². The van der Waals surface area contributed by atoms with Crippen LogP contribution in [0.25, 0.3) is 10.9 Å². The molecule has 0 atom stereocenters. The Morgan fingerprint density at radius 2 is 1.96 bits per heavy atom. The van der Waals surface area contributed by atoms with Gasteiger partial charge in [-0.1, -0.05) is 12.1 Å². The number of amides is 3. The maximum Gasteiger partial charge on any atom is 0.320 e. The number of nitrogens with two attached hydrogens (primary N) is 1. The number of hydrogen-bond acceptors (Lipinski definition) is 5. The summed E-state index contributed by atoms with van der Waals surface area (Å²) in [5.74, 6) is -0.183. The normalized spacial score (nSPS) is 10.0. The molecule has 0 saturated heterocycles. The first kappa shape index (κ1) is 19.8. The van der Waals surface area contributed by atoms with Crippen molar-refractivity contribution in [1.82, 2.24) is 14.9 Å². The van der Waals surface area contributed by atoms with Crippen LogP contribution in [0.15, 0.2) is 42.6 Å². The highest BCUT2D eigenvalue weighted by Gasteiger charge is 2.12. The average Bonchev–Trinajstić information content (AvgIpc) is 2.67. The highest BCUT2D eigenvalue weighted by molar-refractivity contribution is 5.86. The van der Waals surface area contributed by atoms with E-state index in [1.807, 2.05) is 19.1 Å². The fraction of sp³-hybridized carbons (Fsp3) is 0.158. The standard InChI is InChI=1S/C16H13FN2O.C3H6N2O2/c1-10-13-3-2-8-18-15(13)16(20)14(19-10)9-11-4-6-12(17)7-5-11;1-5(2-6)3(4)7/h2-8,20H,9H2,1H3;2H,1H3,(H2,4,7). The predicted octanol–water partition coefficient (Wildman–Crippen LogP) is 2.53. The fourth-order valence-electron chi connectivity index (χ4n) is 2.31. The molecule has 2 aromatic heterocycles. The van der Waals surface area contributed by atoms with Gasteiger partial charge in [-0.15, -0.1) is 0 Å². The van der Waals surface area contributed by atoms with Gasteiger partial charge in [-0.2, -0.15) is 0 Å². The van der Waals surface area contributed by atoms with Crippen molar-refractivity contribution in [1.29, 1.82) is 0 Å². The van der Waals surface area contributed by atoms with Crippen molar-refractivity contribution in [3.05, 3.63) is 65.4 Å². The summed E-state index contributed by atoms with van der Waals surface area (Å²) in [4.78, 5) is 28.8. The Morgan fingerprint density at radius 1 is 1.30 bits per heavy atom. The van der Waals surface area contributed by atoms with Crippen molar-refractivity contribution in [3.8, 4) is 5.75 Å². The summed E-state index contributed by atoms with van der Waals surface area (Å²) in [6.07, 6.45) is 2.44. The third-order valence-corrected chi connectivity index (χ3v) is 3.79. The molecular formula is C19H19FN4O3. The average molecular weight is 370 g/mol. The molecule has 8 heteroatoms. The second kappa shape index (κ2) is 8.70. The first-order valence-electron chi connectivity index (χ1n) is 7.98. The zero-order valence-corrected chi connectivity index (χ0v) is 14.9. The Balaban J connectivity index is 0.000000321. The predicted molar refractivity (Wildman–Crippen MR) is 98.6 cm³/mol. The molecule has 0 aliphatic heterocycles. The Kier molecular flexibility index (Phi) is 6.37. The summed E-state index contributed by atoms with van der Waals surface area (Å²) >= 11 is 0. The van der Waals surface area contributed by atoms with Crippen LogP contribution in [0.3, 0.4) is 0 Å². The monoisotopic (exact) mass is 370 g/mol. The number of urea groups is 1. The van der Waals surface area contributed by atoms with E-state index in [9.17, 15) is 19.1 Å². The number of aromatic hydroxyl groups is 1. The molecule has 0 saturated carbocycles. The van der Waals surface area contributed by atoms with Crippen molar-refractivity contribution < 1.29 is 19.1 Å². The van der Waals surface area contributed by atoms with Crippen molar-refractivity contribution >= 4 is 23.3 Å². The molecule has 3 aromatic rings. The number of carbonyl (C=O) groups is 2. The summed E-state index contributed by atoms with van der Waals surface area (Å²) in [6, 6.07) is 9.14. The van der Waals surface area contributed by atoms with Crippen LogP contribution >= 0.6 is 0 Å². The first-order valence-corrected chi connectivity index (χ1v) is 7.98. The van der Waals surface area contributed by atoms with Crippen LogP contribution < -0.4 is 5.73 Å². The van der Waals surface area contributed by atoms with Gasteiger partial charge in [0.05, 0.1) is 5.69 Å². The third-order valence-electron chi connectivity index (χ3n) is 3.79. The first-order chi connectivity index (χ1) is 12.8. The number of benzene rings is 1.